The summed E-state index contributed by atoms with van der Waals surface area (Å²) in [4.78, 5) is 0. The first-order valence-electron chi connectivity index (χ1n) is 6.80. The highest BCUT2D eigenvalue weighted by Gasteiger charge is 2.23. The Balaban J connectivity index is 2.15. The van der Waals surface area contributed by atoms with E-state index in [1.807, 2.05) is 0 Å². The van der Waals surface area contributed by atoms with E-state index in [1.165, 1.54) is 6.07 Å². The average molecular weight is 282 g/mol. The van der Waals surface area contributed by atoms with Gasteiger partial charge < -0.3 is 9.84 Å². The monoisotopic (exact) mass is 282 g/mol. The van der Waals surface area contributed by atoms with Crippen LogP contribution >= 0.6 is 0 Å². The van der Waals surface area contributed by atoms with E-state index in [0.717, 1.165) is 25.3 Å². The van der Waals surface area contributed by atoms with Gasteiger partial charge in [0, 0.05) is 19.6 Å². The maximum Gasteiger partial charge on any atom is 0.170 e. The Labute approximate surface area is 115 Å². The van der Waals surface area contributed by atoms with E-state index in [9.17, 15) is 8.78 Å². The number of benzene rings is 1. The number of aromatic nitrogens is 2. The Morgan fingerprint density at radius 3 is 2.90 bits per heavy atom. The molecule has 4 nitrogen and oxygen atoms in total. The first-order valence-corrected chi connectivity index (χ1v) is 6.80. The summed E-state index contributed by atoms with van der Waals surface area (Å²) < 4.78 is 34.7. The normalized spacial score (nSPS) is 19.6. The molecule has 6 heteroatoms. The van der Waals surface area contributed by atoms with Crippen molar-refractivity contribution in [1.29, 1.82) is 0 Å². The van der Waals surface area contributed by atoms with Crippen molar-refractivity contribution in [2.45, 2.75) is 31.9 Å². The Morgan fingerprint density at radius 1 is 1.35 bits per heavy atom. The maximum absolute atomic E-state index is 14.0. The van der Waals surface area contributed by atoms with E-state index in [0.29, 0.717) is 17.8 Å². The van der Waals surface area contributed by atoms with Crippen LogP contribution in [0.25, 0.3) is 10.9 Å². The van der Waals surface area contributed by atoms with Crippen LogP contribution in [0, 0.1) is 11.6 Å². The minimum absolute atomic E-state index is 0.147. The molecule has 0 aliphatic carbocycles. The molecule has 108 valence electrons. The summed E-state index contributed by atoms with van der Waals surface area (Å²) in [5.41, 5.74) is 0.882. The van der Waals surface area contributed by atoms with Crippen LogP contribution in [0.2, 0.25) is 0 Å². The zero-order chi connectivity index (χ0) is 14.1. The number of fused-ring (bicyclic) bond motifs is 1. The van der Waals surface area contributed by atoms with Crippen molar-refractivity contribution in [3.8, 4) is 0 Å². The number of aliphatic hydroxyl groups excluding tert-OH is 1. The lowest BCUT2D eigenvalue weighted by Gasteiger charge is -2.23. The van der Waals surface area contributed by atoms with Gasteiger partial charge >= 0.3 is 0 Å². The molecule has 1 aromatic heterocycles. The number of aliphatic hydroxyl groups is 1. The summed E-state index contributed by atoms with van der Waals surface area (Å²) in [5, 5.41) is 13.5. The molecule has 20 heavy (non-hydrogen) atoms. The second-order valence-electron chi connectivity index (χ2n) is 4.94. The molecule has 0 saturated carbocycles. The van der Waals surface area contributed by atoms with E-state index in [1.54, 1.807) is 4.68 Å². The molecule has 0 radical (unpaired) electrons. The van der Waals surface area contributed by atoms with Gasteiger partial charge in [-0.1, -0.05) is 0 Å². The van der Waals surface area contributed by atoms with Gasteiger partial charge in [0.25, 0.3) is 0 Å². The quantitative estimate of drug-likeness (QED) is 0.941. The molecule has 1 saturated heterocycles. The fourth-order valence-electron chi connectivity index (χ4n) is 2.66. The molecular formula is C14H16F2N2O2. The van der Waals surface area contributed by atoms with E-state index in [-0.39, 0.29) is 24.6 Å². The maximum atomic E-state index is 14.0. The highest BCUT2D eigenvalue weighted by atomic mass is 19.2. The van der Waals surface area contributed by atoms with Crippen LogP contribution < -0.4 is 0 Å². The molecule has 2 aromatic rings. The zero-order valence-corrected chi connectivity index (χ0v) is 11.0. The van der Waals surface area contributed by atoms with E-state index in [4.69, 9.17) is 9.84 Å². The lowest BCUT2D eigenvalue weighted by Crippen LogP contribution is -2.19. The number of nitrogens with zero attached hydrogens (tertiary/aromatic N) is 2. The second-order valence-corrected chi connectivity index (χ2v) is 4.94. The highest BCUT2D eigenvalue weighted by Crippen LogP contribution is 2.30. The summed E-state index contributed by atoms with van der Waals surface area (Å²) in [7, 11) is 0. The summed E-state index contributed by atoms with van der Waals surface area (Å²) >= 11 is 0. The standard InChI is InChI=1S/C14H16F2N2O2/c15-9-4-5-11-13(14(9)16)10(6-7-19)17-18(11)12-3-1-2-8-20-12/h4-5,12,19H,1-3,6-8H2. The fourth-order valence-corrected chi connectivity index (χ4v) is 2.66. The minimum atomic E-state index is -0.909. The molecule has 1 unspecified atom stereocenters. The number of hydrogen-bond acceptors (Lipinski definition) is 3. The van der Waals surface area contributed by atoms with Crippen LogP contribution in [0.1, 0.15) is 31.2 Å². The SMILES string of the molecule is OCCc1nn(C2CCCCO2)c2ccc(F)c(F)c12. The van der Waals surface area contributed by atoms with E-state index < -0.39 is 11.6 Å². The number of hydrogen-bond donors (Lipinski definition) is 1. The molecule has 1 atom stereocenters. The topological polar surface area (TPSA) is 47.3 Å². The van der Waals surface area contributed by atoms with Crippen molar-refractivity contribution in [2.75, 3.05) is 13.2 Å². The van der Waals surface area contributed by atoms with Crippen molar-refractivity contribution in [3.05, 3.63) is 29.5 Å². The third kappa shape index (κ3) is 2.19. The molecule has 1 N–H and O–H groups in total. The molecule has 1 aliphatic heterocycles. The molecule has 0 amide bonds. The van der Waals surface area contributed by atoms with Gasteiger partial charge in [-0.15, -0.1) is 0 Å². The molecule has 3 rings (SSSR count). The van der Waals surface area contributed by atoms with Crippen LogP contribution in [0.3, 0.4) is 0 Å². The number of rotatable bonds is 3. The predicted octanol–water partition coefficient (Wildman–Crippen LogP) is 2.55. The van der Waals surface area contributed by atoms with Gasteiger partial charge in [-0.05, 0) is 31.4 Å². The number of halogens is 2. The number of ether oxygens (including phenoxy) is 1. The van der Waals surface area contributed by atoms with Gasteiger partial charge in [-0.3, -0.25) is 0 Å². The van der Waals surface area contributed by atoms with E-state index >= 15 is 0 Å². The van der Waals surface area contributed by atoms with E-state index in [2.05, 4.69) is 5.10 Å². The highest BCUT2D eigenvalue weighted by molar-refractivity contribution is 5.83. The molecular weight excluding hydrogens is 266 g/mol. The van der Waals surface area contributed by atoms with Gasteiger partial charge in [0.15, 0.2) is 17.9 Å². The van der Waals surface area contributed by atoms with Crippen molar-refractivity contribution < 1.29 is 18.6 Å². The zero-order valence-electron chi connectivity index (χ0n) is 11.0. The van der Waals surface area contributed by atoms with Crippen LogP contribution in [-0.2, 0) is 11.2 Å². The Bertz CT molecular complexity index is 621. The van der Waals surface area contributed by atoms with Crippen molar-refractivity contribution in [3.63, 3.8) is 0 Å². The van der Waals surface area contributed by atoms with Gasteiger partial charge in [0.2, 0.25) is 0 Å². The Kier molecular flexibility index (Phi) is 3.67. The van der Waals surface area contributed by atoms with Crippen LogP contribution in [0.5, 0.6) is 0 Å². The second kappa shape index (κ2) is 5.46. The van der Waals surface area contributed by atoms with Crippen LogP contribution in [-0.4, -0.2) is 28.1 Å². The molecule has 2 heterocycles. The summed E-state index contributed by atoms with van der Waals surface area (Å²) in [6.45, 7) is 0.485. The van der Waals surface area contributed by atoms with Crippen LogP contribution in [0.15, 0.2) is 12.1 Å². The van der Waals surface area contributed by atoms with Gasteiger partial charge in [-0.2, -0.15) is 5.10 Å². The van der Waals surface area contributed by atoms with Crippen molar-refractivity contribution in [2.24, 2.45) is 0 Å². The Hall–Kier alpha value is -1.53. The summed E-state index contributed by atoms with van der Waals surface area (Å²) in [5.74, 6) is -1.81. The Morgan fingerprint density at radius 2 is 2.20 bits per heavy atom. The average Bonchev–Trinajstić information content (AvgIpc) is 2.84. The van der Waals surface area contributed by atoms with Gasteiger partial charge in [-0.25, -0.2) is 13.5 Å². The minimum Gasteiger partial charge on any atom is -0.396 e. The predicted molar refractivity (Wildman–Crippen MR) is 69.3 cm³/mol. The third-order valence-electron chi connectivity index (χ3n) is 3.61. The largest absolute Gasteiger partial charge is 0.396 e. The molecule has 0 spiro atoms. The lowest BCUT2D eigenvalue weighted by molar-refractivity contribution is -0.0369. The molecule has 1 fully saturated rings. The summed E-state index contributed by atoms with van der Waals surface area (Å²) in [6.07, 6.45) is 2.77. The molecule has 1 aliphatic rings. The molecule has 1 aromatic carbocycles. The van der Waals surface area contributed by atoms with Crippen LogP contribution in [0.4, 0.5) is 8.78 Å². The first-order chi connectivity index (χ1) is 9.72. The van der Waals surface area contributed by atoms with Gasteiger partial charge in [0.05, 0.1) is 16.6 Å². The van der Waals surface area contributed by atoms with Crippen molar-refractivity contribution in [1.82, 2.24) is 9.78 Å². The van der Waals surface area contributed by atoms with Crippen molar-refractivity contribution >= 4 is 10.9 Å². The fraction of sp³-hybridized carbons (Fsp3) is 0.500. The lowest BCUT2D eigenvalue weighted by atomic mass is 10.1. The third-order valence-corrected chi connectivity index (χ3v) is 3.61. The summed E-state index contributed by atoms with van der Waals surface area (Å²) in [6, 6.07) is 2.61. The first kappa shape index (κ1) is 13.5. The van der Waals surface area contributed by atoms with Gasteiger partial charge in [0.1, 0.15) is 0 Å². The molecule has 0 bridgehead atoms. The smallest absolute Gasteiger partial charge is 0.170 e.